The van der Waals surface area contributed by atoms with Gasteiger partial charge in [0.05, 0.1) is 5.02 Å². The van der Waals surface area contributed by atoms with E-state index in [1.165, 1.54) is 6.07 Å². The molecule has 104 valence electrons. The van der Waals surface area contributed by atoms with Crippen LogP contribution in [0.25, 0.3) is 0 Å². The standard InChI is InChI=1S/C13H17ClN2O3/c1-8(2)6-16-11(17)7-19-13(18)12-9(14)4-3-5-10(12)15/h3-5,8H,6-7,15H2,1-2H3,(H,16,17). The number of benzene rings is 1. The molecule has 0 saturated carbocycles. The minimum absolute atomic E-state index is 0.0841. The largest absolute Gasteiger partial charge is 0.452 e. The molecule has 0 saturated heterocycles. The summed E-state index contributed by atoms with van der Waals surface area (Å²) in [6.45, 7) is 4.12. The molecule has 1 aromatic rings. The molecule has 19 heavy (non-hydrogen) atoms. The zero-order valence-electron chi connectivity index (χ0n) is 10.9. The van der Waals surface area contributed by atoms with Crippen LogP contribution in [0.1, 0.15) is 24.2 Å². The van der Waals surface area contributed by atoms with Crippen molar-refractivity contribution >= 4 is 29.2 Å². The summed E-state index contributed by atoms with van der Waals surface area (Å²) in [7, 11) is 0. The molecular weight excluding hydrogens is 268 g/mol. The Morgan fingerprint density at radius 3 is 2.68 bits per heavy atom. The van der Waals surface area contributed by atoms with Crippen LogP contribution in [-0.4, -0.2) is 25.0 Å². The fourth-order valence-corrected chi connectivity index (χ4v) is 1.59. The number of carbonyl (C=O) groups excluding carboxylic acids is 2. The van der Waals surface area contributed by atoms with Gasteiger partial charge in [-0.1, -0.05) is 31.5 Å². The Kier molecular flexibility index (Phi) is 5.63. The molecule has 6 heteroatoms. The first-order chi connectivity index (χ1) is 8.91. The van der Waals surface area contributed by atoms with Gasteiger partial charge in [0.1, 0.15) is 5.56 Å². The third-order valence-electron chi connectivity index (χ3n) is 2.29. The second-order valence-corrected chi connectivity index (χ2v) is 4.89. The molecule has 0 atom stereocenters. The second kappa shape index (κ2) is 6.99. The van der Waals surface area contributed by atoms with Crippen LogP contribution in [-0.2, 0) is 9.53 Å². The molecule has 0 spiro atoms. The van der Waals surface area contributed by atoms with Crippen LogP contribution in [0.2, 0.25) is 5.02 Å². The highest BCUT2D eigenvalue weighted by Gasteiger charge is 2.16. The van der Waals surface area contributed by atoms with Gasteiger partial charge >= 0.3 is 5.97 Å². The van der Waals surface area contributed by atoms with Gasteiger partial charge in [-0.3, -0.25) is 4.79 Å². The highest BCUT2D eigenvalue weighted by molar-refractivity contribution is 6.34. The minimum Gasteiger partial charge on any atom is -0.452 e. The van der Waals surface area contributed by atoms with Crippen molar-refractivity contribution in [3.8, 4) is 0 Å². The number of amides is 1. The van der Waals surface area contributed by atoms with Crippen molar-refractivity contribution in [2.45, 2.75) is 13.8 Å². The first-order valence-electron chi connectivity index (χ1n) is 5.89. The minimum atomic E-state index is -0.706. The SMILES string of the molecule is CC(C)CNC(=O)COC(=O)c1c(N)cccc1Cl. The van der Waals surface area contributed by atoms with Crippen LogP contribution >= 0.6 is 11.6 Å². The molecule has 1 rings (SSSR count). The van der Waals surface area contributed by atoms with Gasteiger partial charge in [0.15, 0.2) is 6.61 Å². The van der Waals surface area contributed by atoms with E-state index in [0.717, 1.165) is 0 Å². The van der Waals surface area contributed by atoms with E-state index in [1.807, 2.05) is 13.8 Å². The lowest BCUT2D eigenvalue weighted by Gasteiger charge is -2.10. The number of nitrogens with two attached hydrogens (primary N) is 1. The summed E-state index contributed by atoms with van der Waals surface area (Å²) in [6.07, 6.45) is 0. The normalized spacial score (nSPS) is 10.3. The van der Waals surface area contributed by atoms with Crippen LogP contribution < -0.4 is 11.1 Å². The molecular formula is C13H17ClN2O3. The number of nitrogen functional groups attached to an aromatic ring is 1. The summed E-state index contributed by atoms with van der Waals surface area (Å²) >= 11 is 5.86. The molecule has 0 aromatic heterocycles. The molecule has 1 amide bonds. The summed E-state index contributed by atoms with van der Waals surface area (Å²) in [5.41, 5.74) is 5.95. The fourth-order valence-electron chi connectivity index (χ4n) is 1.33. The zero-order valence-corrected chi connectivity index (χ0v) is 11.7. The van der Waals surface area contributed by atoms with Crippen molar-refractivity contribution in [3.05, 3.63) is 28.8 Å². The van der Waals surface area contributed by atoms with Crippen LogP contribution in [0.3, 0.4) is 0 Å². The van der Waals surface area contributed by atoms with Crippen LogP contribution in [0.15, 0.2) is 18.2 Å². The van der Waals surface area contributed by atoms with E-state index in [1.54, 1.807) is 12.1 Å². The quantitative estimate of drug-likeness (QED) is 0.639. The molecule has 0 heterocycles. The molecule has 0 fully saturated rings. The number of hydrogen-bond donors (Lipinski definition) is 2. The lowest BCUT2D eigenvalue weighted by Crippen LogP contribution is -2.31. The van der Waals surface area contributed by atoms with Crippen molar-refractivity contribution in [2.75, 3.05) is 18.9 Å². The van der Waals surface area contributed by atoms with Crippen molar-refractivity contribution < 1.29 is 14.3 Å². The number of rotatable bonds is 5. The maximum absolute atomic E-state index is 11.8. The smallest absolute Gasteiger partial charge is 0.342 e. The number of halogens is 1. The molecule has 0 unspecified atom stereocenters. The molecule has 0 aliphatic heterocycles. The van der Waals surface area contributed by atoms with Gasteiger partial charge in [0.25, 0.3) is 5.91 Å². The van der Waals surface area contributed by atoms with Crippen LogP contribution in [0.5, 0.6) is 0 Å². The Balaban J connectivity index is 2.54. The summed E-state index contributed by atoms with van der Waals surface area (Å²) in [4.78, 5) is 23.2. The average molecular weight is 285 g/mol. The Bertz CT molecular complexity index is 455. The summed E-state index contributed by atoms with van der Waals surface area (Å²) in [5.74, 6) is -0.727. The van der Waals surface area contributed by atoms with Crippen LogP contribution in [0.4, 0.5) is 5.69 Å². The number of hydrogen-bond acceptors (Lipinski definition) is 4. The maximum atomic E-state index is 11.8. The monoisotopic (exact) mass is 284 g/mol. The van der Waals surface area contributed by atoms with Gasteiger partial charge in [0, 0.05) is 12.2 Å². The van der Waals surface area contributed by atoms with Gasteiger partial charge in [-0.2, -0.15) is 0 Å². The van der Waals surface area contributed by atoms with E-state index in [4.69, 9.17) is 22.1 Å². The number of carbonyl (C=O) groups is 2. The lowest BCUT2D eigenvalue weighted by atomic mass is 10.2. The third-order valence-corrected chi connectivity index (χ3v) is 2.61. The van der Waals surface area contributed by atoms with E-state index in [9.17, 15) is 9.59 Å². The highest BCUT2D eigenvalue weighted by atomic mass is 35.5. The van der Waals surface area contributed by atoms with Crippen molar-refractivity contribution in [1.82, 2.24) is 5.32 Å². The number of anilines is 1. The van der Waals surface area contributed by atoms with Gasteiger partial charge in [-0.15, -0.1) is 0 Å². The Morgan fingerprint density at radius 1 is 1.42 bits per heavy atom. The summed E-state index contributed by atoms with van der Waals surface area (Å²) in [6, 6.07) is 4.71. The van der Waals surface area contributed by atoms with E-state index < -0.39 is 5.97 Å². The van der Waals surface area contributed by atoms with Crippen LogP contribution in [0, 0.1) is 5.92 Å². The van der Waals surface area contributed by atoms with E-state index >= 15 is 0 Å². The first kappa shape index (κ1) is 15.3. The molecule has 0 aliphatic carbocycles. The molecule has 1 aromatic carbocycles. The number of esters is 1. The Hall–Kier alpha value is -1.75. The average Bonchev–Trinajstić information content (AvgIpc) is 2.33. The number of nitrogens with one attached hydrogen (secondary N) is 1. The van der Waals surface area contributed by atoms with E-state index in [2.05, 4.69) is 5.32 Å². The Morgan fingerprint density at radius 2 is 2.11 bits per heavy atom. The predicted molar refractivity (Wildman–Crippen MR) is 74.0 cm³/mol. The maximum Gasteiger partial charge on any atom is 0.342 e. The topological polar surface area (TPSA) is 81.4 Å². The molecule has 0 bridgehead atoms. The summed E-state index contributed by atoms with van der Waals surface area (Å²) < 4.78 is 4.87. The van der Waals surface area contributed by atoms with Gasteiger partial charge in [0.2, 0.25) is 0 Å². The highest BCUT2D eigenvalue weighted by Crippen LogP contribution is 2.22. The molecule has 5 nitrogen and oxygen atoms in total. The van der Waals surface area contributed by atoms with Gasteiger partial charge in [-0.05, 0) is 18.1 Å². The van der Waals surface area contributed by atoms with Gasteiger partial charge < -0.3 is 15.8 Å². The zero-order chi connectivity index (χ0) is 14.4. The second-order valence-electron chi connectivity index (χ2n) is 4.48. The first-order valence-corrected chi connectivity index (χ1v) is 6.27. The van der Waals surface area contributed by atoms with Crippen molar-refractivity contribution in [3.63, 3.8) is 0 Å². The molecule has 0 radical (unpaired) electrons. The molecule has 0 aliphatic rings. The van der Waals surface area contributed by atoms with E-state index in [0.29, 0.717) is 12.5 Å². The predicted octanol–water partition coefficient (Wildman–Crippen LogP) is 1.85. The summed E-state index contributed by atoms with van der Waals surface area (Å²) in [5, 5.41) is 2.84. The van der Waals surface area contributed by atoms with Crippen molar-refractivity contribution in [2.24, 2.45) is 5.92 Å². The Labute approximate surface area is 117 Å². The van der Waals surface area contributed by atoms with Crippen molar-refractivity contribution in [1.29, 1.82) is 0 Å². The molecule has 3 N–H and O–H groups in total. The lowest BCUT2D eigenvalue weighted by molar-refractivity contribution is -0.124. The number of ether oxygens (including phenoxy) is 1. The van der Waals surface area contributed by atoms with E-state index in [-0.39, 0.29) is 28.8 Å². The third kappa shape index (κ3) is 4.79. The fraction of sp³-hybridized carbons (Fsp3) is 0.385. The van der Waals surface area contributed by atoms with Gasteiger partial charge in [-0.25, -0.2) is 4.79 Å².